The first-order valence-corrected chi connectivity index (χ1v) is 7.24. The molecule has 0 atom stereocenters. The summed E-state index contributed by atoms with van der Waals surface area (Å²) in [6.07, 6.45) is -2.71. The second-order valence-corrected chi connectivity index (χ2v) is 5.56. The Hall–Kier alpha value is -1.76. The molecule has 122 valence electrons. The van der Waals surface area contributed by atoms with E-state index >= 15 is 0 Å². The molecule has 1 heterocycles. The van der Waals surface area contributed by atoms with E-state index in [9.17, 15) is 18.0 Å². The van der Waals surface area contributed by atoms with E-state index in [1.807, 2.05) is 7.05 Å². The van der Waals surface area contributed by atoms with E-state index in [-0.39, 0.29) is 18.2 Å². The monoisotopic (exact) mass is 315 g/mol. The third-order valence-electron chi connectivity index (χ3n) is 3.82. The number of halogens is 3. The lowest BCUT2D eigenvalue weighted by molar-refractivity contribution is -0.138. The number of urea groups is 1. The van der Waals surface area contributed by atoms with E-state index in [1.54, 1.807) is 0 Å². The van der Waals surface area contributed by atoms with Crippen LogP contribution in [0.3, 0.4) is 0 Å². The van der Waals surface area contributed by atoms with Gasteiger partial charge in [0, 0.05) is 12.6 Å². The summed E-state index contributed by atoms with van der Waals surface area (Å²) >= 11 is 0. The molecular formula is C15H20F3N3O. The fourth-order valence-corrected chi connectivity index (χ4v) is 2.52. The van der Waals surface area contributed by atoms with Gasteiger partial charge in [-0.05, 0) is 44.6 Å². The van der Waals surface area contributed by atoms with Gasteiger partial charge in [-0.15, -0.1) is 0 Å². The molecule has 1 aromatic carbocycles. The van der Waals surface area contributed by atoms with Gasteiger partial charge < -0.3 is 15.5 Å². The highest BCUT2D eigenvalue weighted by molar-refractivity contribution is 5.74. The zero-order chi connectivity index (χ0) is 16.2. The predicted molar refractivity (Wildman–Crippen MR) is 77.3 cm³/mol. The van der Waals surface area contributed by atoms with E-state index in [0.29, 0.717) is 0 Å². The van der Waals surface area contributed by atoms with Crippen molar-refractivity contribution >= 4 is 6.03 Å². The van der Waals surface area contributed by atoms with E-state index in [1.165, 1.54) is 18.2 Å². The molecule has 1 saturated heterocycles. The van der Waals surface area contributed by atoms with Gasteiger partial charge in [0.1, 0.15) is 0 Å². The molecule has 2 rings (SSSR count). The van der Waals surface area contributed by atoms with Gasteiger partial charge in [-0.1, -0.05) is 18.2 Å². The van der Waals surface area contributed by atoms with Crippen molar-refractivity contribution in [2.75, 3.05) is 20.1 Å². The fourth-order valence-electron chi connectivity index (χ4n) is 2.52. The number of rotatable bonds is 3. The topological polar surface area (TPSA) is 44.4 Å². The number of nitrogens with zero attached hydrogens (tertiary/aromatic N) is 1. The molecular weight excluding hydrogens is 295 g/mol. The van der Waals surface area contributed by atoms with Crippen LogP contribution in [0.15, 0.2) is 24.3 Å². The van der Waals surface area contributed by atoms with Gasteiger partial charge in [0.25, 0.3) is 0 Å². The number of alkyl halides is 3. The molecule has 0 saturated carbocycles. The van der Waals surface area contributed by atoms with Gasteiger partial charge >= 0.3 is 12.2 Å². The van der Waals surface area contributed by atoms with E-state index in [0.717, 1.165) is 32.0 Å². The molecule has 0 bridgehead atoms. The Labute approximate surface area is 127 Å². The van der Waals surface area contributed by atoms with Crippen molar-refractivity contribution < 1.29 is 18.0 Å². The van der Waals surface area contributed by atoms with Crippen molar-refractivity contribution in [2.24, 2.45) is 0 Å². The lowest BCUT2D eigenvalue weighted by atomic mass is 10.1. The molecule has 2 N–H and O–H groups in total. The van der Waals surface area contributed by atoms with Crippen LogP contribution in [0.5, 0.6) is 0 Å². The third kappa shape index (κ3) is 4.62. The second-order valence-electron chi connectivity index (χ2n) is 5.56. The fraction of sp³-hybridized carbons (Fsp3) is 0.533. The third-order valence-corrected chi connectivity index (χ3v) is 3.82. The van der Waals surface area contributed by atoms with Crippen LogP contribution < -0.4 is 10.6 Å². The highest BCUT2D eigenvalue weighted by Gasteiger charge is 2.32. The maximum Gasteiger partial charge on any atom is 0.416 e. The van der Waals surface area contributed by atoms with Crippen LogP contribution in [0.2, 0.25) is 0 Å². The number of benzene rings is 1. The number of carbonyl (C=O) groups excluding carboxylic acids is 1. The first-order valence-electron chi connectivity index (χ1n) is 7.24. The molecule has 2 amide bonds. The van der Waals surface area contributed by atoms with Crippen LogP contribution in [-0.4, -0.2) is 37.1 Å². The summed E-state index contributed by atoms with van der Waals surface area (Å²) < 4.78 is 38.5. The van der Waals surface area contributed by atoms with E-state index in [2.05, 4.69) is 15.5 Å². The largest absolute Gasteiger partial charge is 0.416 e. The molecule has 1 aliphatic heterocycles. The summed E-state index contributed by atoms with van der Waals surface area (Å²) in [4.78, 5) is 14.0. The van der Waals surface area contributed by atoms with Crippen molar-refractivity contribution in [3.63, 3.8) is 0 Å². The Balaban J connectivity index is 1.87. The lowest BCUT2D eigenvalue weighted by Gasteiger charge is -2.29. The molecule has 0 unspecified atom stereocenters. The average molecular weight is 315 g/mol. The second kappa shape index (κ2) is 7.00. The summed E-state index contributed by atoms with van der Waals surface area (Å²) in [6.45, 7) is 1.66. The number of hydrogen-bond acceptors (Lipinski definition) is 2. The maximum absolute atomic E-state index is 12.8. The Morgan fingerprint density at radius 2 is 1.91 bits per heavy atom. The molecule has 4 nitrogen and oxygen atoms in total. The molecule has 1 aliphatic rings. The average Bonchev–Trinajstić information content (AvgIpc) is 2.47. The first-order chi connectivity index (χ1) is 10.4. The van der Waals surface area contributed by atoms with Gasteiger partial charge in [0.05, 0.1) is 5.56 Å². The van der Waals surface area contributed by atoms with Crippen LogP contribution >= 0.6 is 0 Å². The number of likely N-dealkylation sites (tertiary alicyclic amines) is 1. The molecule has 22 heavy (non-hydrogen) atoms. The van der Waals surface area contributed by atoms with E-state index in [4.69, 9.17) is 0 Å². The Morgan fingerprint density at radius 3 is 2.55 bits per heavy atom. The zero-order valence-corrected chi connectivity index (χ0v) is 12.4. The van der Waals surface area contributed by atoms with Crippen LogP contribution in [-0.2, 0) is 12.7 Å². The summed E-state index contributed by atoms with van der Waals surface area (Å²) in [5.74, 6) is 0. The van der Waals surface area contributed by atoms with Gasteiger partial charge in [-0.3, -0.25) is 0 Å². The highest BCUT2D eigenvalue weighted by Crippen LogP contribution is 2.31. The highest BCUT2D eigenvalue weighted by atomic mass is 19.4. The SMILES string of the molecule is CN1CCC(NC(=O)NCc2ccccc2C(F)(F)F)CC1. The van der Waals surface area contributed by atoms with Gasteiger partial charge in [-0.25, -0.2) is 4.79 Å². The smallest absolute Gasteiger partial charge is 0.335 e. The van der Waals surface area contributed by atoms with Gasteiger partial charge in [-0.2, -0.15) is 13.2 Å². The zero-order valence-electron chi connectivity index (χ0n) is 12.4. The van der Waals surface area contributed by atoms with Crippen LogP contribution in [0, 0.1) is 0 Å². The summed E-state index contributed by atoms with van der Waals surface area (Å²) in [5, 5.41) is 5.32. The number of amides is 2. The molecule has 1 aromatic rings. The summed E-state index contributed by atoms with van der Waals surface area (Å²) in [5.41, 5.74) is -0.650. The number of piperidine rings is 1. The molecule has 0 radical (unpaired) electrons. The van der Waals surface area contributed by atoms with E-state index < -0.39 is 17.8 Å². The van der Waals surface area contributed by atoms with Crippen molar-refractivity contribution in [3.8, 4) is 0 Å². The van der Waals surface area contributed by atoms with Gasteiger partial charge in [0.15, 0.2) is 0 Å². The summed E-state index contributed by atoms with van der Waals surface area (Å²) in [7, 11) is 2.02. The minimum Gasteiger partial charge on any atom is -0.335 e. The Kier molecular flexibility index (Phi) is 5.28. The normalized spacial score (nSPS) is 17.3. The van der Waals surface area contributed by atoms with Crippen molar-refractivity contribution in [3.05, 3.63) is 35.4 Å². The molecule has 1 fully saturated rings. The van der Waals surface area contributed by atoms with Crippen LogP contribution in [0.25, 0.3) is 0 Å². The minimum atomic E-state index is -4.41. The molecule has 0 spiro atoms. The lowest BCUT2D eigenvalue weighted by Crippen LogP contribution is -2.47. The van der Waals surface area contributed by atoms with Crippen molar-refractivity contribution in [2.45, 2.75) is 31.6 Å². The van der Waals surface area contributed by atoms with Crippen molar-refractivity contribution in [1.29, 1.82) is 0 Å². The van der Waals surface area contributed by atoms with Crippen molar-refractivity contribution in [1.82, 2.24) is 15.5 Å². The van der Waals surface area contributed by atoms with Crippen LogP contribution in [0.4, 0.5) is 18.0 Å². The molecule has 0 aliphatic carbocycles. The predicted octanol–water partition coefficient (Wildman–Crippen LogP) is 2.60. The Morgan fingerprint density at radius 1 is 1.27 bits per heavy atom. The van der Waals surface area contributed by atoms with Crippen LogP contribution in [0.1, 0.15) is 24.0 Å². The first kappa shape index (κ1) is 16.6. The number of carbonyl (C=O) groups is 1. The Bertz CT molecular complexity index is 511. The number of hydrogen-bond donors (Lipinski definition) is 2. The van der Waals surface area contributed by atoms with Gasteiger partial charge in [0.2, 0.25) is 0 Å². The summed E-state index contributed by atoms with van der Waals surface area (Å²) in [6, 6.07) is 4.91. The molecule has 7 heteroatoms. The minimum absolute atomic E-state index is 0.0635. The molecule has 0 aromatic heterocycles. The standard InChI is InChI=1S/C15H20F3N3O/c1-21-8-6-12(7-9-21)20-14(22)19-10-11-4-2-3-5-13(11)15(16,17)18/h2-5,12H,6-10H2,1H3,(H2,19,20,22). The quantitative estimate of drug-likeness (QED) is 0.900. The number of nitrogens with one attached hydrogen (secondary N) is 2. The maximum atomic E-state index is 12.8.